The Bertz CT molecular complexity index is 838. The van der Waals surface area contributed by atoms with Crippen LogP contribution in [0.4, 0.5) is 10.1 Å². The summed E-state index contributed by atoms with van der Waals surface area (Å²) in [5, 5.41) is 11.9. The van der Waals surface area contributed by atoms with Crippen molar-refractivity contribution in [2.45, 2.75) is 32.5 Å². The zero-order chi connectivity index (χ0) is 18.9. The number of carbonyl (C=O) groups is 1. The molecule has 0 N–H and O–H groups in total. The van der Waals surface area contributed by atoms with Gasteiger partial charge in [-0.05, 0) is 50.1 Å². The van der Waals surface area contributed by atoms with E-state index in [0.717, 1.165) is 16.8 Å². The third-order valence-corrected chi connectivity index (χ3v) is 4.53. The van der Waals surface area contributed by atoms with Gasteiger partial charge in [0.1, 0.15) is 18.0 Å². The van der Waals surface area contributed by atoms with Crippen molar-refractivity contribution < 1.29 is 48.6 Å². The number of benzene rings is 2. The zero-order valence-electron chi connectivity index (χ0n) is 15.7. The van der Waals surface area contributed by atoms with E-state index in [2.05, 4.69) is 4.90 Å². The number of ether oxygens (including phenoxy) is 1. The van der Waals surface area contributed by atoms with E-state index in [9.17, 15) is 14.3 Å². The number of carboxylic acid groups (broad SMARTS) is 1. The molecule has 138 valence electrons. The molecule has 1 heterocycles. The van der Waals surface area contributed by atoms with E-state index < -0.39 is 11.6 Å². The third-order valence-electron chi connectivity index (χ3n) is 4.30. The number of halogens is 2. The van der Waals surface area contributed by atoms with E-state index in [-0.39, 0.29) is 41.7 Å². The van der Waals surface area contributed by atoms with Gasteiger partial charge in [-0.25, -0.2) is 4.39 Å². The van der Waals surface area contributed by atoms with Crippen LogP contribution in [0.15, 0.2) is 36.4 Å². The topological polar surface area (TPSA) is 52.6 Å². The second-order valence-electron chi connectivity index (χ2n) is 7.02. The summed E-state index contributed by atoms with van der Waals surface area (Å²) in [5.74, 6) is -0.592. The predicted molar refractivity (Wildman–Crippen MR) is 97.7 cm³/mol. The normalized spacial score (nSPS) is 13.1. The molecule has 27 heavy (non-hydrogen) atoms. The standard InChI is InChI=1S/C20H21ClFNO3.Na/c1-20(2,22)12-26-18-7-6-14(21)10-13(18)11-23-9-8-15-16(19(24)25)4-3-5-17(15)23;/h3-7,10H,8-9,11-12H2,1-2H3,(H,24,25);/q;+1/p-1. The van der Waals surface area contributed by atoms with Crippen molar-refractivity contribution in [1.82, 2.24) is 0 Å². The van der Waals surface area contributed by atoms with Gasteiger partial charge in [0.05, 0.1) is 5.97 Å². The Morgan fingerprint density at radius 1 is 1.33 bits per heavy atom. The minimum Gasteiger partial charge on any atom is -0.545 e. The summed E-state index contributed by atoms with van der Waals surface area (Å²) < 4.78 is 19.4. The van der Waals surface area contributed by atoms with Gasteiger partial charge < -0.3 is 19.5 Å². The van der Waals surface area contributed by atoms with E-state index in [4.69, 9.17) is 16.3 Å². The van der Waals surface area contributed by atoms with Gasteiger partial charge >= 0.3 is 29.6 Å². The summed E-state index contributed by atoms with van der Waals surface area (Å²) in [7, 11) is 0. The van der Waals surface area contributed by atoms with E-state index in [1.54, 1.807) is 30.3 Å². The number of nitrogens with zero attached hydrogens (tertiary/aromatic N) is 1. The molecular formula is C20H20ClFNNaO3. The Balaban J connectivity index is 0.00000261. The van der Waals surface area contributed by atoms with Crippen molar-refractivity contribution in [3.05, 3.63) is 58.1 Å². The quantitative estimate of drug-likeness (QED) is 0.660. The van der Waals surface area contributed by atoms with Gasteiger partial charge in [-0.2, -0.15) is 0 Å². The average Bonchev–Trinajstić information content (AvgIpc) is 2.96. The molecule has 0 radical (unpaired) electrons. The summed E-state index contributed by atoms with van der Waals surface area (Å²) in [6, 6.07) is 10.4. The number of hydrogen-bond donors (Lipinski definition) is 0. The van der Waals surface area contributed by atoms with E-state index in [0.29, 0.717) is 30.3 Å². The second kappa shape index (κ2) is 8.82. The molecule has 1 aliphatic heterocycles. The molecule has 0 amide bonds. The molecule has 0 unspecified atom stereocenters. The maximum Gasteiger partial charge on any atom is 1.00 e. The number of aromatic carboxylic acids is 1. The average molecular weight is 400 g/mol. The summed E-state index contributed by atoms with van der Waals surface area (Å²) in [5.41, 5.74) is 1.26. The molecule has 0 fully saturated rings. The van der Waals surface area contributed by atoms with Crippen molar-refractivity contribution in [2.24, 2.45) is 0 Å². The number of carboxylic acids is 1. The fourth-order valence-corrected chi connectivity index (χ4v) is 3.32. The third kappa shape index (κ3) is 5.38. The first kappa shape index (κ1) is 22.0. The first-order chi connectivity index (χ1) is 12.2. The Morgan fingerprint density at radius 2 is 2.07 bits per heavy atom. The van der Waals surface area contributed by atoms with Gasteiger partial charge in [0, 0.05) is 34.9 Å². The monoisotopic (exact) mass is 399 g/mol. The SMILES string of the molecule is CC(C)(F)COc1ccc(Cl)cc1CN1CCc2c(C(=O)[O-])cccc21.[Na+]. The van der Waals surface area contributed by atoms with Crippen LogP contribution in [0.5, 0.6) is 5.75 Å². The zero-order valence-corrected chi connectivity index (χ0v) is 18.5. The molecule has 7 heteroatoms. The molecule has 2 aromatic rings. The number of rotatable bonds is 6. The molecule has 0 aliphatic carbocycles. The van der Waals surface area contributed by atoms with Crippen LogP contribution in [0.25, 0.3) is 0 Å². The number of fused-ring (bicyclic) bond motifs is 1. The van der Waals surface area contributed by atoms with Gasteiger partial charge in [-0.3, -0.25) is 0 Å². The number of carbonyl (C=O) groups excluding carboxylic acids is 1. The molecule has 4 nitrogen and oxygen atoms in total. The van der Waals surface area contributed by atoms with Crippen LogP contribution in [-0.2, 0) is 13.0 Å². The van der Waals surface area contributed by atoms with Crippen LogP contribution in [0.2, 0.25) is 5.02 Å². The summed E-state index contributed by atoms with van der Waals surface area (Å²) >= 11 is 6.13. The molecule has 3 rings (SSSR count). The van der Waals surface area contributed by atoms with Gasteiger partial charge in [-0.15, -0.1) is 0 Å². The van der Waals surface area contributed by atoms with Gasteiger partial charge in [0.25, 0.3) is 0 Å². The molecule has 0 bridgehead atoms. The second-order valence-corrected chi connectivity index (χ2v) is 7.46. The molecule has 0 spiro atoms. The summed E-state index contributed by atoms with van der Waals surface area (Å²) in [6.07, 6.45) is 0.633. The first-order valence-electron chi connectivity index (χ1n) is 8.43. The minimum atomic E-state index is -1.44. The van der Waals surface area contributed by atoms with Gasteiger partial charge in [-0.1, -0.05) is 23.7 Å². The van der Waals surface area contributed by atoms with Crippen LogP contribution >= 0.6 is 11.6 Å². The number of anilines is 1. The van der Waals surface area contributed by atoms with Crippen LogP contribution < -0.4 is 44.3 Å². The summed E-state index contributed by atoms with van der Waals surface area (Å²) in [6.45, 7) is 4.03. The van der Waals surface area contributed by atoms with Crippen molar-refractivity contribution in [1.29, 1.82) is 0 Å². The molecular weight excluding hydrogens is 380 g/mol. The van der Waals surface area contributed by atoms with Crippen molar-refractivity contribution in [3.8, 4) is 5.75 Å². The molecule has 1 aliphatic rings. The molecule has 0 atom stereocenters. The van der Waals surface area contributed by atoms with Crippen molar-refractivity contribution >= 4 is 23.3 Å². The van der Waals surface area contributed by atoms with Crippen LogP contribution in [0, 0.1) is 0 Å². The van der Waals surface area contributed by atoms with Crippen molar-refractivity contribution in [3.63, 3.8) is 0 Å². The fraction of sp³-hybridized carbons (Fsp3) is 0.350. The largest absolute Gasteiger partial charge is 1.00 e. The molecule has 2 aromatic carbocycles. The van der Waals surface area contributed by atoms with E-state index in [1.165, 1.54) is 13.8 Å². The van der Waals surface area contributed by atoms with Crippen LogP contribution in [0.3, 0.4) is 0 Å². The van der Waals surface area contributed by atoms with Crippen LogP contribution in [0.1, 0.15) is 35.3 Å². The molecule has 0 saturated carbocycles. The number of alkyl halides is 1. The summed E-state index contributed by atoms with van der Waals surface area (Å²) in [4.78, 5) is 13.4. The maximum atomic E-state index is 13.8. The molecule has 0 saturated heterocycles. The first-order valence-corrected chi connectivity index (χ1v) is 8.81. The van der Waals surface area contributed by atoms with Crippen LogP contribution in [-0.4, -0.2) is 24.8 Å². The maximum absolute atomic E-state index is 13.8. The Labute approximate surface area is 185 Å². The fourth-order valence-electron chi connectivity index (χ4n) is 3.12. The van der Waals surface area contributed by atoms with Crippen molar-refractivity contribution in [2.75, 3.05) is 18.1 Å². The van der Waals surface area contributed by atoms with Gasteiger partial charge in [0.2, 0.25) is 0 Å². The smallest absolute Gasteiger partial charge is 0.545 e. The molecule has 0 aromatic heterocycles. The number of hydrogen-bond acceptors (Lipinski definition) is 4. The van der Waals surface area contributed by atoms with E-state index >= 15 is 0 Å². The van der Waals surface area contributed by atoms with Gasteiger partial charge in [0.15, 0.2) is 0 Å². The Kier molecular flexibility index (Phi) is 7.20. The predicted octanol–water partition coefficient (Wildman–Crippen LogP) is 0.397. The van der Waals surface area contributed by atoms with E-state index in [1.807, 2.05) is 6.07 Å². The Morgan fingerprint density at radius 3 is 2.74 bits per heavy atom. The Hall–Kier alpha value is -1.27. The minimum absolute atomic E-state index is 0.